The minimum Gasteiger partial charge on any atom is -0.503 e. The van der Waals surface area contributed by atoms with Gasteiger partial charge in [0.1, 0.15) is 5.82 Å². The molecule has 1 heterocycles. The van der Waals surface area contributed by atoms with Crippen LogP contribution >= 0.6 is 0 Å². The Balaban J connectivity index is 2.52. The van der Waals surface area contributed by atoms with Crippen molar-refractivity contribution in [1.82, 2.24) is 4.90 Å². The Labute approximate surface area is 121 Å². The molecule has 0 saturated carbocycles. The van der Waals surface area contributed by atoms with E-state index in [1.54, 1.807) is 6.07 Å². The van der Waals surface area contributed by atoms with Gasteiger partial charge in [0.25, 0.3) is 5.91 Å². The Morgan fingerprint density at radius 1 is 1.43 bits per heavy atom. The van der Waals surface area contributed by atoms with E-state index in [0.717, 1.165) is 0 Å². The molecule has 0 aromatic heterocycles. The van der Waals surface area contributed by atoms with Gasteiger partial charge in [0.2, 0.25) is 0 Å². The molecular weight excluding hydrogens is 277 g/mol. The second kappa shape index (κ2) is 6.05. The average molecular weight is 293 g/mol. The number of nitrogens with zero attached hydrogens (tertiary/aromatic N) is 1. The molecule has 0 bridgehead atoms. The van der Waals surface area contributed by atoms with Gasteiger partial charge < -0.3 is 14.7 Å². The van der Waals surface area contributed by atoms with Crippen LogP contribution < -0.4 is 0 Å². The number of rotatable bonds is 5. The summed E-state index contributed by atoms with van der Waals surface area (Å²) >= 11 is 0. The number of carbonyl (C=O) groups excluding carboxylic acids is 2. The highest BCUT2D eigenvalue weighted by molar-refractivity contribution is 6.08. The van der Waals surface area contributed by atoms with E-state index in [4.69, 9.17) is 4.74 Å². The van der Waals surface area contributed by atoms with Crippen LogP contribution in [0, 0.1) is 5.82 Å². The van der Waals surface area contributed by atoms with Crippen molar-refractivity contribution in [2.75, 3.05) is 20.3 Å². The maximum atomic E-state index is 14.0. The van der Waals surface area contributed by atoms with E-state index in [1.807, 2.05) is 0 Å². The molecule has 2 rings (SSSR count). The summed E-state index contributed by atoms with van der Waals surface area (Å²) in [4.78, 5) is 25.1. The predicted molar refractivity (Wildman–Crippen MR) is 73.1 cm³/mol. The monoisotopic (exact) mass is 293 g/mol. The Kier molecular flexibility index (Phi) is 4.37. The first-order chi connectivity index (χ1) is 9.99. The highest BCUT2D eigenvalue weighted by Crippen LogP contribution is 2.38. The molecule has 1 aromatic carbocycles. The summed E-state index contributed by atoms with van der Waals surface area (Å²) in [5.41, 5.74) is 0.0948. The van der Waals surface area contributed by atoms with Gasteiger partial charge in [0.15, 0.2) is 11.5 Å². The lowest BCUT2D eigenvalue weighted by molar-refractivity contribution is -0.130. The largest absolute Gasteiger partial charge is 0.503 e. The third-order valence-corrected chi connectivity index (χ3v) is 3.42. The van der Waals surface area contributed by atoms with Crippen LogP contribution in [-0.2, 0) is 14.3 Å². The van der Waals surface area contributed by atoms with E-state index in [0.29, 0.717) is 0 Å². The van der Waals surface area contributed by atoms with Gasteiger partial charge in [-0.2, -0.15) is 0 Å². The number of aliphatic hydroxyl groups is 1. The number of ketones is 1. The second-order valence-electron chi connectivity index (χ2n) is 4.73. The molecule has 0 radical (unpaired) electrons. The number of benzene rings is 1. The average Bonchev–Trinajstić information content (AvgIpc) is 2.69. The van der Waals surface area contributed by atoms with E-state index >= 15 is 0 Å². The third kappa shape index (κ3) is 2.67. The Morgan fingerprint density at radius 3 is 2.67 bits per heavy atom. The second-order valence-corrected chi connectivity index (χ2v) is 4.73. The van der Waals surface area contributed by atoms with Gasteiger partial charge in [0, 0.05) is 19.2 Å². The van der Waals surface area contributed by atoms with Gasteiger partial charge in [-0.15, -0.1) is 0 Å². The fourth-order valence-electron chi connectivity index (χ4n) is 2.45. The molecule has 0 fully saturated rings. The first-order valence-corrected chi connectivity index (χ1v) is 6.47. The first-order valence-electron chi connectivity index (χ1n) is 6.47. The number of amides is 1. The zero-order chi connectivity index (χ0) is 15.6. The number of carbonyl (C=O) groups is 2. The molecule has 0 spiro atoms. The van der Waals surface area contributed by atoms with E-state index in [1.165, 1.54) is 37.1 Å². The Hall–Kier alpha value is -2.21. The molecule has 21 heavy (non-hydrogen) atoms. The molecule has 1 aromatic rings. The number of Topliss-reactive ketones (excluding diaryl/α,β-unsaturated/α-hetero) is 1. The van der Waals surface area contributed by atoms with Crippen LogP contribution in [0.5, 0.6) is 0 Å². The molecule has 0 saturated heterocycles. The summed E-state index contributed by atoms with van der Waals surface area (Å²) in [5.74, 6) is -2.31. The molecule has 1 aliphatic rings. The van der Waals surface area contributed by atoms with Crippen LogP contribution in [0.25, 0.3) is 0 Å². The van der Waals surface area contributed by atoms with Gasteiger partial charge in [0.05, 0.1) is 18.2 Å². The fourth-order valence-corrected chi connectivity index (χ4v) is 2.45. The van der Waals surface area contributed by atoms with Gasteiger partial charge in [-0.05, 0) is 13.0 Å². The topological polar surface area (TPSA) is 66.8 Å². The van der Waals surface area contributed by atoms with Crippen molar-refractivity contribution in [3.63, 3.8) is 0 Å². The van der Waals surface area contributed by atoms with E-state index in [2.05, 4.69) is 0 Å². The van der Waals surface area contributed by atoms with Crippen molar-refractivity contribution in [2.45, 2.75) is 13.0 Å². The van der Waals surface area contributed by atoms with Crippen LogP contribution in [0.2, 0.25) is 0 Å². The molecule has 0 unspecified atom stereocenters. The SMILES string of the molecule is COCCN1C(=O)C(O)=C(C(C)=O)[C@@H]1c1ccccc1F. The first kappa shape index (κ1) is 15.2. The number of aliphatic hydroxyl groups excluding tert-OH is 1. The maximum absolute atomic E-state index is 14.0. The van der Waals surface area contributed by atoms with Crippen LogP contribution in [0.1, 0.15) is 18.5 Å². The standard InChI is InChI=1S/C15H16FNO4/c1-9(18)12-13(10-5-3-4-6-11(10)16)17(7-8-21-2)15(20)14(12)19/h3-6,13,19H,7-8H2,1-2H3/t13-/m0/s1. The van der Waals surface area contributed by atoms with Gasteiger partial charge in [-0.3, -0.25) is 9.59 Å². The lowest BCUT2D eigenvalue weighted by atomic mass is 9.96. The molecular formula is C15H16FNO4. The van der Waals surface area contributed by atoms with Crippen molar-refractivity contribution in [3.8, 4) is 0 Å². The number of methoxy groups -OCH3 is 1. The Morgan fingerprint density at radius 2 is 2.10 bits per heavy atom. The number of hydrogen-bond acceptors (Lipinski definition) is 4. The van der Waals surface area contributed by atoms with Gasteiger partial charge in [-0.1, -0.05) is 18.2 Å². The van der Waals surface area contributed by atoms with Crippen LogP contribution in [0.15, 0.2) is 35.6 Å². The maximum Gasteiger partial charge on any atom is 0.290 e. The summed E-state index contributed by atoms with van der Waals surface area (Å²) in [6.07, 6.45) is 0. The minimum absolute atomic E-state index is 0.0822. The lowest BCUT2D eigenvalue weighted by Gasteiger charge is -2.26. The molecule has 1 aliphatic heterocycles. The van der Waals surface area contributed by atoms with Crippen LogP contribution in [-0.4, -0.2) is 42.0 Å². The van der Waals surface area contributed by atoms with Gasteiger partial charge in [-0.25, -0.2) is 4.39 Å². The van der Waals surface area contributed by atoms with Crippen molar-refractivity contribution in [2.24, 2.45) is 0 Å². The molecule has 1 atom stereocenters. The smallest absolute Gasteiger partial charge is 0.290 e. The molecule has 6 heteroatoms. The minimum atomic E-state index is -0.925. The highest BCUT2D eigenvalue weighted by atomic mass is 19.1. The van der Waals surface area contributed by atoms with Gasteiger partial charge >= 0.3 is 0 Å². The summed E-state index contributed by atoms with van der Waals surface area (Å²) in [7, 11) is 1.47. The lowest BCUT2D eigenvalue weighted by Crippen LogP contribution is -2.34. The molecule has 1 amide bonds. The zero-order valence-electron chi connectivity index (χ0n) is 11.8. The van der Waals surface area contributed by atoms with Crippen LogP contribution in [0.4, 0.5) is 4.39 Å². The molecule has 1 N–H and O–H groups in total. The fraction of sp³-hybridized carbons (Fsp3) is 0.333. The summed E-state index contributed by atoms with van der Waals surface area (Å²) in [6, 6.07) is 4.96. The normalized spacial score (nSPS) is 18.5. The molecule has 0 aliphatic carbocycles. The summed E-state index contributed by atoms with van der Waals surface area (Å²) in [5, 5.41) is 9.92. The zero-order valence-corrected chi connectivity index (χ0v) is 11.8. The summed E-state index contributed by atoms with van der Waals surface area (Å²) < 4.78 is 19.0. The van der Waals surface area contributed by atoms with E-state index in [9.17, 15) is 19.1 Å². The molecule has 112 valence electrons. The van der Waals surface area contributed by atoms with Crippen LogP contribution in [0.3, 0.4) is 0 Å². The number of halogens is 1. The number of hydrogen-bond donors (Lipinski definition) is 1. The van der Waals surface area contributed by atoms with Crippen molar-refractivity contribution in [3.05, 3.63) is 47.0 Å². The quantitative estimate of drug-likeness (QED) is 0.898. The third-order valence-electron chi connectivity index (χ3n) is 3.42. The number of ether oxygens (including phenoxy) is 1. The van der Waals surface area contributed by atoms with E-state index in [-0.39, 0.29) is 24.3 Å². The molecule has 5 nitrogen and oxygen atoms in total. The highest BCUT2D eigenvalue weighted by Gasteiger charge is 2.42. The van der Waals surface area contributed by atoms with Crippen molar-refractivity contribution >= 4 is 11.7 Å². The van der Waals surface area contributed by atoms with Crippen molar-refractivity contribution < 1.29 is 23.8 Å². The predicted octanol–water partition coefficient (Wildman–Crippen LogP) is 1.76. The Bertz CT molecular complexity index is 611. The van der Waals surface area contributed by atoms with E-state index < -0.39 is 29.3 Å². The van der Waals surface area contributed by atoms with Crippen molar-refractivity contribution in [1.29, 1.82) is 0 Å². The summed E-state index contributed by atoms with van der Waals surface area (Å²) in [6.45, 7) is 1.61.